The van der Waals surface area contributed by atoms with Crippen molar-refractivity contribution in [3.63, 3.8) is 0 Å². The summed E-state index contributed by atoms with van der Waals surface area (Å²) < 4.78 is 1.04. The molecule has 0 bridgehead atoms. The smallest absolute Gasteiger partial charge is 0.223 e. The summed E-state index contributed by atoms with van der Waals surface area (Å²) in [6.45, 7) is 3.01. The SMILES string of the molecule is CC(CCN)C(=O)NCc1ccc(Br)cc1. The zero-order chi connectivity index (χ0) is 12.0. The number of amides is 1. The van der Waals surface area contributed by atoms with Gasteiger partial charge in [0.05, 0.1) is 0 Å². The van der Waals surface area contributed by atoms with Crippen LogP contribution in [-0.2, 0) is 11.3 Å². The second kappa shape index (κ2) is 6.66. The van der Waals surface area contributed by atoms with Crippen LogP contribution in [0.1, 0.15) is 18.9 Å². The number of benzene rings is 1. The van der Waals surface area contributed by atoms with E-state index in [0.717, 1.165) is 16.5 Å². The van der Waals surface area contributed by atoms with Gasteiger partial charge in [-0.2, -0.15) is 0 Å². The minimum atomic E-state index is -0.0135. The monoisotopic (exact) mass is 284 g/mol. The van der Waals surface area contributed by atoms with Gasteiger partial charge in [-0.25, -0.2) is 0 Å². The van der Waals surface area contributed by atoms with E-state index in [4.69, 9.17) is 5.73 Å². The number of carbonyl (C=O) groups is 1. The van der Waals surface area contributed by atoms with Crippen molar-refractivity contribution in [3.8, 4) is 0 Å². The average Bonchev–Trinajstić information content (AvgIpc) is 2.28. The first-order valence-electron chi connectivity index (χ1n) is 5.35. The zero-order valence-electron chi connectivity index (χ0n) is 9.37. The Labute approximate surface area is 105 Å². The van der Waals surface area contributed by atoms with E-state index < -0.39 is 0 Å². The van der Waals surface area contributed by atoms with Crippen molar-refractivity contribution in [1.29, 1.82) is 0 Å². The Kier molecular flexibility index (Phi) is 5.49. The van der Waals surface area contributed by atoms with Gasteiger partial charge < -0.3 is 11.1 Å². The Morgan fingerprint density at radius 1 is 1.44 bits per heavy atom. The molecule has 0 aliphatic heterocycles. The van der Waals surface area contributed by atoms with Crippen LogP contribution in [0.4, 0.5) is 0 Å². The second-order valence-electron chi connectivity index (χ2n) is 3.82. The van der Waals surface area contributed by atoms with Gasteiger partial charge in [-0.1, -0.05) is 35.0 Å². The Morgan fingerprint density at radius 2 is 2.06 bits per heavy atom. The largest absolute Gasteiger partial charge is 0.352 e. The minimum Gasteiger partial charge on any atom is -0.352 e. The van der Waals surface area contributed by atoms with Gasteiger partial charge in [0.2, 0.25) is 5.91 Å². The first-order valence-corrected chi connectivity index (χ1v) is 6.15. The molecule has 0 saturated carbocycles. The van der Waals surface area contributed by atoms with Gasteiger partial charge in [0.25, 0.3) is 0 Å². The molecule has 3 N–H and O–H groups in total. The summed E-state index contributed by atoms with van der Waals surface area (Å²) in [7, 11) is 0. The molecule has 0 aliphatic carbocycles. The molecule has 0 spiro atoms. The minimum absolute atomic E-state index is 0.0135. The number of rotatable bonds is 5. The van der Waals surface area contributed by atoms with E-state index in [-0.39, 0.29) is 11.8 Å². The Hall–Kier alpha value is -0.870. The van der Waals surface area contributed by atoms with Crippen molar-refractivity contribution in [1.82, 2.24) is 5.32 Å². The zero-order valence-corrected chi connectivity index (χ0v) is 11.0. The number of nitrogens with one attached hydrogen (secondary N) is 1. The summed E-state index contributed by atoms with van der Waals surface area (Å²) >= 11 is 3.37. The molecule has 0 radical (unpaired) electrons. The molecular weight excluding hydrogens is 268 g/mol. The van der Waals surface area contributed by atoms with Crippen LogP contribution in [0.15, 0.2) is 28.7 Å². The third-order valence-corrected chi connectivity index (χ3v) is 2.96. The molecule has 4 heteroatoms. The van der Waals surface area contributed by atoms with Gasteiger partial charge in [-0.15, -0.1) is 0 Å². The summed E-state index contributed by atoms with van der Waals surface area (Å²) in [6.07, 6.45) is 0.728. The topological polar surface area (TPSA) is 55.1 Å². The lowest BCUT2D eigenvalue weighted by atomic mass is 10.1. The molecule has 0 fully saturated rings. The lowest BCUT2D eigenvalue weighted by Gasteiger charge is -2.10. The van der Waals surface area contributed by atoms with Gasteiger partial charge in [0.1, 0.15) is 0 Å². The third kappa shape index (κ3) is 4.33. The van der Waals surface area contributed by atoms with Gasteiger partial charge in [0, 0.05) is 16.9 Å². The molecule has 0 aromatic heterocycles. The highest BCUT2D eigenvalue weighted by atomic mass is 79.9. The van der Waals surface area contributed by atoms with Crippen molar-refractivity contribution in [2.45, 2.75) is 19.9 Å². The average molecular weight is 285 g/mol. The highest BCUT2D eigenvalue weighted by Crippen LogP contribution is 2.10. The lowest BCUT2D eigenvalue weighted by Crippen LogP contribution is -2.29. The second-order valence-corrected chi connectivity index (χ2v) is 4.74. The molecule has 0 aliphatic rings. The van der Waals surface area contributed by atoms with Crippen LogP contribution in [0, 0.1) is 5.92 Å². The predicted octanol–water partition coefficient (Wildman–Crippen LogP) is 2.05. The van der Waals surface area contributed by atoms with Crippen LogP contribution < -0.4 is 11.1 Å². The summed E-state index contributed by atoms with van der Waals surface area (Å²) in [6, 6.07) is 7.89. The molecule has 1 unspecified atom stereocenters. The van der Waals surface area contributed by atoms with Crippen molar-refractivity contribution in [2.75, 3.05) is 6.54 Å². The number of carbonyl (C=O) groups excluding carboxylic acids is 1. The summed E-state index contributed by atoms with van der Waals surface area (Å²) in [5.74, 6) is 0.0498. The molecule has 0 saturated heterocycles. The fourth-order valence-electron chi connectivity index (χ4n) is 1.35. The van der Waals surface area contributed by atoms with Crippen LogP contribution in [-0.4, -0.2) is 12.5 Å². The molecular formula is C12H17BrN2O. The van der Waals surface area contributed by atoms with Crippen molar-refractivity contribution < 1.29 is 4.79 Å². The van der Waals surface area contributed by atoms with E-state index in [1.165, 1.54) is 0 Å². The fourth-order valence-corrected chi connectivity index (χ4v) is 1.61. The maximum atomic E-state index is 11.6. The predicted molar refractivity (Wildman–Crippen MR) is 68.8 cm³/mol. The van der Waals surface area contributed by atoms with E-state index in [1.54, 1.807) is 0 Å². The van der Waals surface area contributed by atoms with Crippen molar-refractivity contribution in [3.05, 3.63) is 34.3 Å². The highest BCUT2D eigenvalue weighted by molar-refractivity contribution is 9.10. The molecule has 16 heavy (non-hydrogen) atoms. The van der Waals surface area contributed by atoms with Crippen LogP contribution in [0.2, 0.25) is 0 Å². The first-order chi connectivity index (χ1) is 7.63. The fraction of sp³-hybridized carbons (Fsp3) is 0.417. The summed E-state index contributed by atoms with van der Waals surface area (Å²) in [5.41, 5.74) is 6.50. The standard InChI is InChI=1S/C12H17BrN2O/c1-9(6-7-14)12(16)15-8-10-2-4-11(13)5-3-10/h2-5,9H,6-8,14H2,1H3,(H,15,16). The molecule has 3 nitrogen and oxygen atoms in total. The maximum Gasteiger partial charge on any atom is 0.223 e. The molecule has 0 heterocycles. The Morgan fingerprint density at radius 3 is 2.62 bits per heavy atom. The van der Waals surface area contributed by atoms with Crippen molar-refractivity contribution in [2.24, 2.45) is 11.7 Å². The Balaban J connectivity index is 2.39. The van der Waals surface area contributed by atoms with E-state index in [1.807, 2.05) is 31.2 Å². The van der Waals surface area contributed by atoms with Gasteiger partial charge in [0.15, 0.2) is 0 Å². The van der Waals surface area contributed by atoms with E-state index in [0.29, 0.717) is 13.1 Å². The number of hydrogen-bond acceptors (Lipinski definition) is 2. The van der Waals surface area contributed by atoms with Crippen LogP contribution in [0.3, 0.4) is 0 Å². The normalized spacial score (nSPS) is 12.2. The van der Waals surface area contributed by atoms with Gasteiger partial charge in [-0.3, -0.25) is 4.79 Å². The van der Waals surface area contributed by atoms with Crippen molar-refractivity contribution >= 4 is 21.8 Å². The van der Waals surface area contributed by atoms with Crippen LogP contribution >= 0.6 is 15.9 Å². The highest BCUT2D eigenvalue weighted by Gasteiger charge is 2.10. The van der Waals surface area contributed by atoms with Crippen LogP contribution in [0.5, 0.6) is 0 Å². The molecule has 1 rings (SSSR count). The molecule has 1 aromatic rings. The quantitative estimate of drug-likeness (QED) is 0.870. The Bertz CT molecular complexity index is 337. The molecule has 1 atom stereocenters. The molecule has 1 aromatic carbocycles. The molecule has 88 valence electrons. The number of nitrogens with two attached hydrogens (primary N) is 1. The third-order valence-electron chi connectivity index (χ3n) is 2.43. The first kappa shape index (κ1) is 13.2. The number of hydrogen-bond donors (Lipinski definition) is 2. The van der Waals surface area contributed by atoms with Crippen LogP contribution in [0.25, 0.3) is 0 Å². The van der Waals surface area contributed by atoms with E-state index in [2.05, 4.69) is 21.2 Å². The van der Waals surface area contributed by atoms with Gasteiger partial charge in [-0.05, 0) is 30.7 Å². The van der Waals surface area contributed by atoms with E-state index >= 15 is 0 Å². The van der Waals surface area contributed by atoms with Gasteiger partial charge >= 0.3 is 0 Å². The summed E-state index contributed by atoms with van der Waals surface area (Å²) in [5, 5.41) is 2.89. The van der Waals surface area contributed by atoms with E-state index in [9.17, 15) is 4.79 Å². The number of halogens is 1. The lowest BCUT2D eigenvalue weighted by molar-refractivity contribution is -0.124. The summed E-state index contributed by atoms with van der Waals surface area (Å²) in [4.78, 5) is 11.6. The maximum absolute atomic E-state index is 11.6. The molecule has 1 amide bonds.